The lowest BCUT2D eigenvalue weighted by Gasteiger charge is -2.72. The topological polar surface area (TPSA) is 298 Å². The van der Waals surface area contributed by atoms with Gasteiger partial charge in [0, 0.05) is 0 Å². The van der Waals surface area contributed by atoms with E-state index < -0.39 is 145 Å². The van der Waals surface area contributed by atoms with E-state index in [0.717, 1.165) is 5.57 Å². The van der Waals surface area contributed by atoms with Crippen LogP contribution in [0.2, 0.25) is 0 Å². The van der Waals surface area contributed by atoms with Crippen molar-refractivity contribution in [3.8, 4) is 0 Å². The molecule has 65 heavy (non-hydrogen) atoms. The molecule has 3 heterocycles. The van der Waals surface area contributed by atoms with Gasteiger partial charge >= 0.3 is 0 Å². The Morgan fingerprint density at radius 3 is 1.94 bits per heavy atom. The van der Waals surface area contributed by atoms with Crippen LogP contribution in [0, 0.1) is 45.3 Å². The summed E-state index contributed by atoms with van der Waals surface area (Å²) in [6.45, 7) is 15.0. The van der Waals surface area contributed by atoms with Crippen molar-refractivity contribution in [1.29, 1.82) is 0 Å². The van der Waals surface area contributed by atoms with Crippen LogP contribution >= 0.6 is 0 Å². The second kappa shape index (κ2) is 19.0. The molecule has 7 fully saturated rings. The molecule has 7 aliphatic rings. The molecular formula is C47H80O18. The molecule has 0 unspecified atom stereocenters. The fourth-order valence-corrected chi connectivity index (χ4v) is 14.6. The van der Waals surface area contributed by atoms with Crippen molar-refractivity contribution in [3.05, 3.63) is 11.6 Å². The van der Waals surface area contributed by atoms with Gasteiger partial charge < -0.3 is 89.7 Å². The molecule has 18 nitrogen and oxygen atoms in total. The van der Waals surface area contributed by atoms with Crippen LogP contribution in [0.1, 0.15) is 107 Å². The molecule has 0 spiro atoms. The SMILES string of the molecule is CC(C)=CCC[C@](C)(O[C@H]1O[C@@H](CO)[C@H](O)[C@H](O)[C@@H]1O)[C@H]1CC[C@@]2(C)[C@@H]1[C@@H](O)C[C@H]1[C@]3(C)CC[C@H](O)C(C)(C)[C@@H]3[C@@H](O[C@H]3O[C@@H](CO)[C@H](O)[C@H](O)[C@@H]3O[C@@H]3OC[C@@H](O)[C@@H](O)[C@@H]3O)C[C@@]12C. The van der Waals surface area contributed by atoms with Crippen LogP contribution in [-0.2, 0) is 28.4 Å². The zero-order valence-electron chi connectivity index (χ0n) is 39.3. The van der Waals surface area contributed by atoms with Gasteiger partial charge in [0.1, 0.15) is 67.1 Å². The Hall–Kier alpha value is -0.980. The normalized spacial score (nSPS) is 53.0. The summed E-state index contributed by atoms with van der Waals surface area (Å²) in [7, 11) is 0. The quantitative estimate of drug-likeness (QED) is 0.0874. The smallest absolute Gasteiger partial charge is 0.187 e. The van der Waals surface area contributed by atoms with Gasteiger partial charge in [0.05, 0.1) is 43.7 Å². The molecule has 7 rings (SSSR count). The van der Waals surface area contributed by atoms with Crippen LogP contribution in [0.4, 0.5) is 0 Å². The number of hydrogen-bond acceptors (Lipinski definition) is 18. The monoisotopic (exact) mass is 933 g/mol. The molecule has 0 aromatic heterocycles. The van der Waals surface area contributed by atoms with Crippen molar-refractivity contribution < 1.29 is 89.7 Å². The Labute approximate surface area is 382 Å². The van der Waals surface area contributed by atoms with Crippen LogP contribution < -0.4 is 0 Å². The number of hydrogen-bond donors (Lipinski definition) is 12. The van der Waals surface area contributed by atoms with Gasteiger partial charge in [-0.25, -0.2) is 0 Å². The summed E-state index contributed by atoms with van der Waals surface area (Å²) in [5, 5.41) is 131. The van der Waals surface area contributed by atoms with Crippen molar-refractivity contribution in [2.75, 3.05) is 19.8 Å². The molecular weight excluding hydrogens is 852 g/mol. The first-order valence-corrected chi connectivity index (χ1v) is 23.9. The molecule has 3 saturated heterocycles. The highest BCUT2D eigenvalue weighted by Gasteiger charge is 2.74. The van der Waals surface area contributed by atoms with Gasteiger partial charge in [0.15, 0.2) is 18.9 Å². The summed E-state index contributed by atoms with van der Waals surface area (Å²) in [4.78, 5) is 0. The van der Waals surface area contributed by atoms with Crippen LogP contribution in [0.3, 0.4) is 0 Å². The highest BCUT2D eigenvalue weighted by molar-refractivity contribution is 5.22. The first-order valence-electron chi connectivity index (χ1n) is 23.9. The van der Waals surface area contributed by atoms with E-state index in [-0.39, 0.29) is 30.3 Å². The maximum atomic E-state index is 12.7. The molecule has 4 aliphatic carbocycles. The number of ether oxygens (including phenoxy) is 6. The van der Waals surface area contributed by atoms with Crippen molar-refractivity contribution in [2.45, 2.75) is 217 Å². The first kappa shape index (κ1) is 51.9. The van der Waals surface area contributed by atoms with E-state index in [4.69, 9.17) is 28.4 Å². The van der Waals surface area contributed by atoms with E-state index in [2.05, 4.69) is 26.8 Å². The van der Waals surface area contributed by atoms with Gasteiger partial charge in [0.2, 0.25) is 0 Å². The Balaban J connectivity index is 1.27. The van der Waals surface area contributed by atoms with Gasteiger partial charge in [-0.05, 0) is 117 Å². The fraction of sp³-hybridized carbons (Fsp3) is 0.957. The first-order chi connectivity index (χ1) is 30.3. The van der Waals surface area contributed by atoms with Crippen molar-refractivity contribution in [3.63, 3.8) is 0 Å². The zero-order chi connectivity index (χ0) is 47.9. The zero-order valence-corrected chi connectivity index (χ0v) is 39.3. The minimum Gasteiger partial charge on any atom is -0.394 e. The molecule has 12 N–H and O–H groups in total. The summed E-state index contributed by atoms with van der Waals surface area (Å²) < 4.78 is 37.7. The molecule has 0 radical (unpaired) electrons. The van der Waals surface area contributed by atoms with Crippen molar-refractivity contribution in [2.24, 2.45) is 45.3 Å². The average molecular weight is 933 g/mol. The molecule has 376 valence electrons. The maximum Gasteiger partial charge on any atom is 0.187 e. The largest absolute Gasteiger partial charge is 0.394 e. The maximum absolute atomic E-state index is 12.7. The standard InChI is InChI=1S/C47H80O18/c1-21(2)10-9-13-47(8,65-41-37(59)34(56)32(54)26(18-48)62-41)22-11-15-45(6)30(22)23(50)16-28-44(5)14-12-29(52)43(3,4)39(44)25(17-46(28,45)7)61-42-38(35(57)33(55)27(19-49)63-42)64-40-36(58)31(53)24(51)20-60-40/h10,22-42,48-59H,9,11-20H2,1-8H3/t22-,23-,24+,25-,26-,27-,28-,29-,30-,31+,32-,33-,34-,35-,36-,37-,38-,39-,40-,41+,42-,44-,45-,46-,47-/m0/s1. The molecule has 0 amide bonds. The minimum atomic E-state index is -1.73. The third-order valence-corrected chi connectivity index (χ3v) is 18.3. The molecule has 4 saturated carbocycles. The van der Waals surface area contributed by atoms with Gasteiger partial charge in [-0.15, -0.1) is 0 Å². The highest BCUT2D eigenvalue weighted by atomic mass is 16.8. The van der Waals surface area contributed by atoms with Crippen LogP contribution in [0.5, 0.6) is 0 Å². The number of fused-ring (bicyclic) bond motifs is 5. The number of allylic oxidation sites excluding steroid dienone is 2. The lowest BCUT2D eigenvalue weighted by Crippen LogP contribution is -2.71. The Morgan fingerprint density at radius 1 is 0.692 bits per heavy atom. The van der Waals surface area contributed by atoms with Crippen LogP contribution in [-0.4, -0.2) is 191 Å². The van der Waals surface area contributed by atoms with Gasteiger partial charge in [-0.1, -0.05) is 46.3 Å². The summed E-state index contributed by atoms with van der Waals surface area (Å²) in [6, 6.07) is 0. The lowest BCUT2D eigenvalue weighted by molar-refractivity contribution is -0.377. The molecule has 25 atom stereocenters. The lowest BCUT2D eigenvalue weighted by atomic mass is 9.34. The second-order valence-corrected chi connectivity index (χ2v) is 22.6. The molecule has 0 aromatic rings. The minimum absolute atomic E-state index is 0.0828. The van der Waals surface area contributed by atoms with Crippen LogP contribution in [0.25, 0.3) is 0 Å². The predicted molar refractivity (Wildman–Crippen MR) is 229 cm³/mol. The molecule has 0 aromatic carbocycles. The third kappa shape index (κ3) is 8.72. The average Bonchev–Trinajstić information content (AvgIpc) is 3.63. The molecule has 18 heteroatoms. The van der Waals surface area contributed by atoms with Gasteiger partial charge in [-0.2, -0.15) is 0 Å². The van der Waals surface area contributed by atoms with Crippen LogP contribution in [0.15, 0.2) is 11.6 Å². The number of aliphatic hydroxyl groups is 12. The van der Waals surface area contributed by atoms with Crippen molar-refractivity contribution in [1.82, 2.24) is 0 Å². The second-order valence-electron chi connectivity index (χ2n) is 22.6. The predicted octanol–water partition coefficient (Wildman–Crippen LogP) is -0.417. The Bertz CT molecular complexity index is 1660. The number of rotatable bonds is 12. The summed E-state index contributed by atoms with van der Waals surface area (Å²) in [5.41, 5.74) is -2.41. The molecule has 0 bridgehead atoms. The van der Waals surface area contributed by atoms with Gasteiger partial charge in [-0.3, -0.25) is 0 Å². The summed E-state index contributed by atoms with van der Waals surface area (Å²) >= 11 is 0. The number of aliphatic hydroxyl groups excluding tert-OH is 12. The Morgan fingerprint density at radius 2 is 1.31 bits per heavy atom. The summed E-state index contributed by atoms with van der Waals surface area (Å²) in [5.74, 6) is -1.11. The Kier molecular flexibility index (Phi) is 15.1. The fourth-order valence-electron chi connectivity index (χ4n) is 14.6. The van der Waals surface area contributed by atoms with E-state index in [0.29, 0.717) is 51.4 Å². The summed E-state index contributed by atoms with van der Waals surface area (Å²) in [6.07, 6.45) is -17.2. The van der Waals surface area contributed by atoms with E-state index in [9.17, 15) is 61.3 Å². The third-order valence-electron chi connectivity index (χ3n) is 18.3. The van der Waals surface area contributed by atoms with E-state index >= 15 is 0 Å². The highest BCUT2D eigenvalue weighted by Crippen LogP contribution is 2.76. The van der Waals surface area contributed by atoms with Gasteiger partial charge in [0.25, 0.3) is 0 Å². The van der Waals surface area contributed by atoms with E-state index in [1.807, 2.05) is 34.6 Å². The van der Waals surface area contributed by atoms with E-state index in [1.54, 1.807) is 0 Å². The molecule has 3 aliphatic heterocycles. The van der Waals surface area contributed by atoms with Crippen molar-refractivity contribution >= 4 is 0 Å². The van der Waals surface area contributed by atoms with E-state index in [1.165, 1.54) is 0 Å².